The van der Waals surface area contributed by atoms with E-state index in [0.29, 0.717) is 30.0 Å². The molecular weight excluding hydrogens is 407 g/mol. The zero-order valence-corrected chi connectivity index (χ0v) is 19.1. The number of imidazole rings is 1. The summed E-state index contributed by atoms with van der Waals surface area (Å²) < 4.78 is 18.1. The molecule has 1 unspecified atom stereocenters. The van der Waals surface area contributed by atoms with E-state index in [4.69, 9.17) is 0 Å². The fourth-order valence-corrected chi connectivity index (χ4v) is 3.86. The maximum Gasteiger partial charge on any atom is 0.336 e. The molecule has 1 aromatic heterocycles. The molecule has 6 heteroatoms. The highest BCUT2D eigenvalue weighted by molar-refractivity contribution is 5.95. The number of hydrogen-bond donors (Lipinski definition) is 1. The summed E-state index contributed by atoms with van der Waals surface area (Å²) in [5, 5.41) is 9.44. The third-order valence-electron chi connectivity index (χ3n) is 5.97. The molecule has 0 fully saturated rings. The van der Waals surface area contributed by atoms with Gasteiger partial charge in [-0.25, -0.2) is 9.59 Å². The van der Waals surface area contributed by atoms with Gasteiger partial charge in [-0.05, 0) is 54.9 Å². The van der Waals surface area contributed by atoms with E-state index in [1.807, 2.05) is 38.1 Å². The molecule has 0 bridgehead atoms. The molecule has 0 spiro atoms. The van der Waals surface area contributed by atoms with Crippen LogP contribution in [0.5, 0.6) is 0 Å². The van der Waals surface area contributed by atoms with Crippen LogP contribution in [0.3, 0.4) is 0 Å². The molecule has 1 heterocycles. The van der Waals surface area contributed by atoms with Gasteiger partial charge >= 0.3 is 11.7 Å². The first-order chi connectivity index (χ1) is 15.2. The predicted octanol–water partition coefficient (Wildman–Crippen LogP) is 5.76. The Kier molecular flexibility index (Phi) is 7.33. The lowest BCUT2D eigenvalue weighted by atomic mass is 9.98. The Morgan fingerprint density at radius 2 is 1.72 bits per heavy atom. The van der Waals surface area contributed by atoms with E-state index in [1.54, 1.807) is 28.8 Å². The summed E-state index contributed by atoms with van der Waals surface area (Å²) in [6, 6.07) is 14.1. The summed E-state index contributed by atoms with van der Waals surface area (Å²) in [5.74, 6) is -1.01. The lowest BCUT2D eigenvalue weighted by Gasteiger charge is -2.10. The van der Waals surface area contributed by atoms with Gasteiger partial charge in [0.05, 0.1) is 17.8 Å². The average molecular weight is 439 g/mol. The van der Waals surface area contributed by atoms with Crippen molar-refractivity contribution in [2.75, 3.05) is 0 Å². The van der Waals surface area contributed by atoms with Crippen LogP contribution in [0.15, 0.2) is 53.3 Å². The lowest BCUT2D eigenvalue weighted by Crippen LogP contribution is -2.28. The SMILES string of the molecule is CCC(C)n1c(F)c(CCC(C)C)n(Cc2ccc(-c3ccccc3C(=O)O)cc2)c1=O. The smallest absolute Gasteiger partial charge is 0.336 e. The number of nitrogens with zero attached hydrogens (tertiary/aromatic N) is 2. The number of carboxylic acid groups (broad SMARTS) is 1. The fraction of sp³-hybridized carbons (Fsp3) is 0.385. The van der Waals surface area contributed by atoms with Crippen LogP contribution in [-0.2, 0) is 13.0 Å². The monoisotopic (exact) mass is 438 g/mol. The van der Waals surface area contributed by atoms with Gasteiger partial charge in [0.1, 0.15) is 0 Å². The zero-order chi connectivity index (χ0) is 23.4. The van der Waals surface area contributed by atoms with Crippen molar-refractivity contribution in [1.29, 1.82) is 0 Å². The number of aromatic nitrogens is 2. The Labute approximate surface area is 188 Å². The summed E-state index contributed by atoms with van der Waals surface area (Å²) in [6.45, 7) is 8.23. The van der Waals surface area contributed by atoms with Gasteiger partial charge in [0, 0.05) is 6.04 Å². The van der Waals surface area contributed by atoms with Crippen molar-refractivity contribution in [2.24, 2.45) is 5.92 Å². The number of carboxylic acids is 1. The highest BCUT2D eigenvalue weighted by atomic mass is 19.1. The summed E-state index contributed by atoms with van der Waals surface area (Å²) >= 11 is 0. The Hall–Kier alpha value is -3.15. The molecular formula is C26H31FN2O3. The molecule has 1 atom stereocenters. The van der Waals surface area contributed by atoms with E-state index < -0.39 is 11.9 Å². The van der Waals surface area contributed by atoms with Crippen molar-refractivity contribution in [2.45, 2.75) is 59.5 Å². The van der Waals surface area contributed by atoms with Gasteiger partial charge < -0.3 is 5.11 Å². The van der Waals surface area contributed by atoms with Gasteiger partial charge in [-0.3, -0.25) is 9.13 Å². The van der Waals surface area contributed by atoms with E-state index in [2.05, 4.69) is 13.8 Å². The highest BCUT2D eigenvalue weighted by Crippen LogP contribution is 2.25. The number of carbonyl (C=O) groups is 1. The Morgan fingerprint density at radius 3 is 2.31 bits per heavy atom. The first kappa shape index (κ1) is 23.5. The van der Waals surface area contributed by atoms with Gasteiger partial charge in [-0.15, -0.1) is 0 Å². The molecule has 0 saturated heterocycles. The molecule has 32 heavy (non-hydrogen) atoms. The molecule has 1 N–H and O–H groups in total. The number of hydrogen-bond acceptors (Lipinski definition) is 2. The van der Waals surface area contributed by atoms with Crippen LogP contribution in [0.2, 0.25) is 0 Å². The molecule has 0 saturated carbocycles. The van der Waals surface area contributed by atoms with Gasteiger partial charge in [0.15, 0.2) is 0 Å². The molecule has 0 aliphatic heterocycles. The van der Waals surface area contributed by atoms with Crippen molar-refractivity contribution in [1.82, 2.24) is 9.13 Å². The molecule has 3 aromatic rings. The summed E-state index contributed by atoms with van der Waals surface area (Å²) in [5.41, 5.74) is 2.63. The van der Waals surface area contributed by atoms with E-state index in [0.717, 1.165) is 17.5 Å². The third-order valence-corrected chi connectivity index (χ3v) is 5.97. The highest BCUT2D eigenvalue weighted by Gasteiger charge is 2.23. The lowest BCUT2D eigenvalue weighted by molar-refractivity contribution is 0.0697. The van der Waals surface area contributed by atoms with E-state index in [-0.39, 0.29) is 23.8 Å². The minimum Gasteiger partial charge on any atom is -0.478 e. The second-order valence-electron chi connectivity index (χ2n) is 8.71. The second kappa shape index (κ2) is 9.98. The molecule has 0 aliphatic rings. The normalized spacial score (nSPS) is 12.3. The number of benzene rings is 2. The molecule has 5 nitrogen and oxygen atoms in total. The molecule has 170 valence electrons. The average Bonchev–Trinajstić information content (AvgIpc) is 3.01. The Bertz CT molecular complexity index is 1140. The number of aromatic carboxylic acids is 1. The molecule has 0 aliphatic carbocycles. The maximum atomic E-state index is 15.2. The number of rotatable bonds is 9. The summed E-state index contributed by atoms with van der Waals surface area (Å²) in [7, 11) is 0. The van der Waals surface area contributed by atoms with Gasteiger partial charge in [-0.2, -0.15) is 4.39 Å². The zero-order valence-electron chi connectivity index (χ0n) is 19.1. The van der Waals surface area contributed by atoms with E-state index in [9.17, 15) is 14.7 Å². The van der Waals surface area contributed by atoms with Crippen LogP contribution < -0.4 is 5.69 Å². The van der Waals surface area contributed by atoms with E-state index >= 15 is 4.39 Å². The summed E-state index contributed by atoms with van der Waals surface area (Å²) in [6.07, 6.45) is 1.97. The molecule has 0 radical (unpaired) electrons. The number of halogens is 1. The van der Waals surface area contributed by atoms with Crippen molar-refractivity contribution in [3.8, 4) is 11.1 Å². The Morgan fingerprint density at radius 1 is 1.06 bits per heavy atom. The van der Waals surface area contributed by atoms with Crippen molar-refractivity contribution < 1.29 is 14.3 Å². The minimum absolute atomic E-state index is 0.212. The molecule has 2 aromatic carbocycles. The van der Waals surface area contributed by atoms with Gasteiger partial charge in [0.2, 0.25) is 5.95 Å². The quantitative estimate of drug-likeness (QED) is 0.462. The topological polar surface area (TPSA) is 64.2 Å². The summed E-state index contributed by atoms with van der Waals surface area (Å²) in [4.78, 5) is 24.6. The first-order valence-electron chi connectivity index (χ1n) is 11.2. The van der Waals surface area contributed by atoms with Gasteiger partial charge in [0.25, 0.3) is 0 Å². The van der Waals surface area contributed by atoms with Crippen LogP contribution >= 0.6 is 0 Å². The van der Waals surface area contributed by atoms with Crippen molar-refractivity contribution in [3.05, 3.63) is 81.8 Å². The molecule has 3 rings (SSSR count). The van der Waals surface area contributed by atoms with Crippen LogP contribution in [0, 0.1) is 11.9 Å². The second-order valence-corrected chi connectivity index (χ2v) is 8.71. The predicted molar refractivity (Wildman–Crippen MR) is 125 cm³/mol. The standard InChI is InChI=1S/C26H31FN2O3/c1-5-18(4)29-24(27)23(15-10-17(2)3)28(26(29)32)16-19-11-13-20(14-12-19)21-8-6-7-9-22(21)25(30)31/h6-9,11-14,17-18H,5,10,15-16H2,1-4H3,(H,30,31). The van der Waals surface area contributed by atoms with Crippen molar-refractivity contribution in [3.63, 3.8) is 0 Å². The van der Waals surface area contributed by atoms with Crippen molar-refractivity contribution >= 4 is 5.97 Å². The first-order valence-corrected chi connectivity index (χ1v) is 11.2. The molecule has 0 amide bonds. The van der Waals surface area contributed by atoms with Gasteiger partial charge in [-0.1, -0.05) is 63.2 Å². The largest absolute Gasteiger partial charge is 0.478 e. The van der Waals surface area contributed by atoms with E-state index in [1.165, 1.54) is 4.57 Å². The van der Waals surface area contributed by atoms with Crippen LogP contribution in [0.4, 0.5) is 4.39 Å². The van der Waals surface area contributed by atoms with Crippen LogP contribution in [0.25, 0.3) is 11.1 Å². The fourth-order valence-electron chi connectivity index (χ4n) is 3.86. The minimum atomic E-state index is -0.979. The third kappa shape index (κ3) is 4.85. The maximum absolute atomic E-state index is 15.2. The van der Waals surface area contributed by atoms with Crippen LogP contribution in [0.1, 0.15) is 68.2 Å². The van der Waals surface area contributed by atoms with Crippen LogP contribution in [-0.4, -0.2) is 20.2 Å². The Balaban J connectivity index is 1.96.